The van der Waals surface area contributed by atoms with Gasteiger partial charge in [-0.15, -0.1) is 0 Å². The fourth-order valence-electron chi connectivity index (χ4n) is 5.35. The summed E-state index contributed by atoms with van der Waals surface area (Å²) in [6.45, 7) is 9.14. The Morgan fingerprint density at radius 1 is 1.22 bits per heavy atom. The smallest absolute Gasteiger partial charge is 0.229 e. The Labute approximate surface area is 194 Å². The molecule has 3 atom stereocenters. The summed E-state index contributed by atoms with van der Waals surface area (Å²) in [4.78, 5) is 19.3. The van der Waals surface area contributed by atoms with Gasteiger partial charge in [-0.3, -0.25) is 9.69 Å². The first-order valence-electron chi connectivity index (χ1n) is 11.6. The van der Waals surface area contributed by atoms with Crippen molar-refractivity contribution in [2.75, 3.05) is 31.6 Å². The van der Waals surface area contributed by atoms with E-state index in [0.29, 0.717) is 24.9 Å². The van der Waals surface area contributed by atoms with E-state index in [4.69, 9.17) is 16.3 Å². The molecular formula is C25H32ClN3O3. The maximum Gasteiger partial charge on any atom is 0.229 e. The van der Waals surface area contributed by atoms with Crippen LogP contribution in [0.4, 0.5) is 5.82 Å². The Bertz CT molecular complexity index is 1050. The number of hydrogen-bond acceptors (Lipinski definition) is 5. The van der Waals surface area contributed by atoms with E-state index >= 15 is 0 Å². The van der Waals surface area contributed by atoms with Gasteiger partial charge in [-0.1, -0.05) is 25.4 Å². The monoisotopic (exact) mass is 457 g/mol. The molecule has 5 rings (SSSR count). The van der Waals surface area contributed by atoms with Crippen LogP contribution in [-0.4, -0.2) is 58.8 Å². The van der Waals surface area contributed by atoms with E-state index < -0.39 is 6.10 Å². The van der Waals surface area contributed by atoms with Crippen LogP contribution >= 0.6 is 11.6 Å². The number of halogens is 1. The number of aliphatic hydroxyl groups excluding tert-OH is 1. The molecule has 1 aromatic carbocycles. The topological polar surface area (TPSA) is 74.7 Å². The highest BCUT2D eigenvalue weighted by molar-refractivity contribution is 6.32. The van der Waals surface area contributed by atoms with Crippen molar-refractivity contribution in [3.63, 3.8) is 0 Å². The number of pyridine rings is 1. The average molecular weight is 458 g/mol. The van der Waals surface area contributed by atoms with Gasteiger partial charge in [0.05, 0.1) is 24.9 Å². The lowest BCUT2D eigenvalue weighted by molar-refractivity contribution is -0.118. The standard InChI is InChI=1S/C25H32ClN3O3/c1-24(2)11-19(24)23(31)28-22-10-16-8-18(20(26)9-17(16)12-27-22)15-4-6-29(7-5-15)25(3)14-32-13-21(25)30/h8-10,12,15,19,21,30H,4-7,11,13-14H2,1-3H3,(H,27,28,31)/t19-,21+,25-/m1/s1. The van der Waals surface area contributed by atoms with E-state index in [1.165, 1.54) is 0 Å². The van der Waals surface area contributed by atoms with E-state index in [1.807, 2.05) is 12.1 Å². The molecule has 3 fully saturated rings. The number of anilines is 1. The maximum absolute atomic E-state index is 12.5. The Kier molecular flexibility index (Phi) is 5.48. The van der Waals surface area contributed by atoms with Gasteiger partial charge >= 0.3 is 0 Å². The fraction of sp³-hybridized carbons (Fsp3) is 0.600. The predicted molar refractivity (Wildman–Crippen MR) is 126 cm³/mol. The second-order valence-corrected chi connectivity index (χ2v) is 11.1. The molecule has 2 aromatic rings. The Morgan fingerprint density at radius 3 is 2.56 bits per heavy atom. The van der Waals surface area contributed by atoms with Crippen LogP contribution in [0.5, 0.6) is 0 Å². The number of fused-ring (bicyclic) bond motifs is 1. The first-order valence-corrected chi connectivity index (χ1v) is 12.0. The molecule has 0 spiro atoms. The number of carbonyl (C=O) groups excluding carboxylic acids is 1. The van der Waals surface area contributed by atoms with Crippen LogP contribution in [-0.2, 0) is 9.53 Å². The molecular weight excluding hydrogens is 426 g/mol. The number of likely N-dealkylation sites (tertiary alicyclic amines) is 1. The molecule has 2 saturated heterocycles. The van der Waals surface area contributed by atoms with Crippen molar-refractivity contribution in [2.45, 2.75) is 57.6 Å². The lowest BCUT2D eigenvalue weighted by atomic mass is 9.85. The molecule has 1 aliphatic carbocycles. The van der Waals surface area contributed by atoms with Gasteiger partial charge in [0, 0.05) is 22.5 Å². The van der Waals surface area contributed by atoms with Gasteiger partial charge in [-0.05, 0) is 79.8 Å². The fourth-order valence-corrected chi connectivity index (χ4v) is 5.68. The predicted octanol–water partition coefficient (Wildman–Crippen LogP) is 4.20. The minimum absolute atomic E-state index is 0.0509. The minimum Gasteiger partial charge on any atom is -0.389 e. The van der Waals surface area contributed by atoms with Gasteiger partial charge in [0.2, 0.25) is 5.91 Å². The number of ether oxygens (including phenoxy) is 1. The van der Waals surface area contributed by atoms with Gasteiger partial charge in [0.25, 0.3) is 0 Å². The first kappa shape index (κ1) is 22.1. The van der Waals surface area contributed by atoms with Crippen molar-refractivity contribution in [2.24, 2.45) is 11.3 Å². The molecule has 172 valence electrons. The summed E-state index contributed by atoms with van der Waals surface area (Å²) in [6.07, 6.45) is 4.24. The summed E-state index contributed by atoms with van der Waals surface area (Å²) in [5, 5.41) is 16.1. The molecule has 1 saturated carbocycles. The zero-order valence-corrected chi connectivity index (χ0v) is 19.8. The zero-order valence-electron chi connectivity index (χ0n) is 19.0. The van der Waals surface area contributed by atoms with Crippen molar-refractivity contribution < 1.29 is 14.6 Å². The number of nitrogens with one attached hydrogen (secondary N) is 1. The summed E-state index contributed by atoms with van der Waals surface area (Å²) in [5.41, 5.74) is 0.945. The average Bonchev–Trinajstić information content (AvgIpc) is 3.28. The van der Waals surface area contributed by atoms with Crippen LogP contribution in [0.3, 0.4) is 0 Å². The second kappa shape index (κ2) is 7.94. The van der Waals surface area contributed by atoms with Crippen LogP contribution in [0.25, 0.3) is 10.8 Å². The van der Waals surface area contributed by atoms with Crippen molar-refractivity contribution in [3.05, 3.63) is 35.0 Å². The first-order chi connectivity index (χ1) is 15.2. The quantitative estimate of drug-likeness (QED) is 0.719. The number of amides is 1. The lowest BCUT2D eigenvalue weighted by Crippen LogP contribution is -2.56. The molecule has 2 N–H and O–H groups in total. The molecule has 0 unspecified atom stereocenters. The lowest BCUT2D eigenvalue weighted by Gasteiger charge is -2.43. The molecule has 0 radical (unpaired) electrons. The summed E-state index contributed by atoms with van der Waals surface area (Å²) in [7, 11) is 0. The molecule has 6 nitrogen and oxygen atoms in total. The third-order valence-electron chi connectivity index (χ3n) is 7.96. The van der Waals surface area contributed by atoms with Crippen LogP contribution in [0.1, 0.15) is 51.5 Å². The molecule has 3 heterocycles. The molecule has 32 heavy (non-hydrogen) atoms. The number of aliphatic hydroxyl groups is 1. The highest BCUT2D eigenvalue weighted by Crippen LogP contribution is 2.52. The maximum atomic E-state index is 12.5. The van der Waals surface area contributed by atoms with Gasteiger partial charge < -0.3 is 15.2 Å². The molecule has 1 amide bonds. The molecule has 7 heteroatoms. The highest BCUT2D eigenvalue weighted by Gasteiger charge is 2.50. The van der Waals surface area contributed by atoms with Gasteiger partial charge in [-0.25, -0.2) is 4.98 Å². The van der Waals surface area contributed by atoms with Crippen molar-refractivity contribution in [3.8, 4) is 0 Å². The normalized spacial score (nSPS) is 30.5. The Hall–Kier alpha value is -1.73. The third kappa shape index (κ3) is 3.92. The number of benzene rings is 1. The number of aromatic nitrogens is 1. The SMILES string of the molecule is CC1(C)C[C@@H]1C(=O)Nc1cc2cc(C3CCN([C@]4(C)COC[C@@H]4O)CC3)c(Cl)cc2cn1. The summed E-state index contributed by atoms with van der Waals surface area (Å²) >= 11 is 6.68. The van der Waals surface area contributed by atoms with Crippen LogP contribution in [0.2, 0.25) is 5.02 Å². The van der Waals surface area contributed by atoms with Crippen LogP contribution < -0.4 is 5.32 Å². The summed E-state index contributed by atoms with van der Waals surface area (Å²) in [6, 6.07) is 6.09. The second-order valence-electron chi connectivity index (χ2n) is 10.7. The number of hydrogen-bond donors (Lipinski definition) is 2. The summed E-state index contributed by atoms with van der Waals surface area (Å²) < 4.78 is 5.52. The zero-order chi connectivity index (χ0) is 22.7. The molecule has 0 bridgehead atoms. The van der Waals surface area contributed by atoms with E-state index in [-0.39, 0.29) is 22.8 Å². The van der Waals surface area contributed by atoms with Crippen LogP contribution in [0.15, 0.2) is 24.4 Å². The molecule has 1 aromatic heterocycles. The van der Waals surface area contributed by atoms with Crippen molar-refractivity contribution >= 4 is 34.1 Å². The molecule has 3 aliphatic rings. The Morgan fingerprint density at radius 2 is 1.94 bits per heavy atom. The summed E-state index contributed by atoms with van der Waals surface area (Å²) in [5.74, 6) is 1.08. The third-order valence-corrected chi connectivity index (χ3v) is 8.29. The van der Waals surface area contributed by atoms with Crippen LogP contribution in [0, 0.1) is 11.3 Å². The van der Waals surface area contributed by atoms with Gasteiger partial charge in [0.15, 0.2) is 0 Å². The van der Waals surface area contributed by atoms with Crippen molar-refractivity contribution in [1.82, 2.24) is 9.88 Å². The van der Waals surface area contributed by atoms with Gasteiger partial charge in [-0.2, -0.15) is 0 Å². The van der Waals surface area contributed by atoms with E-state index in [1.54, 1.807) is 6.20 Å². The Balaban J connectivity index is 1.32. The van der Waals surface area contributed by atoms with Crippen molar-refractivity contribution in [1.29, 1.82) is 0 Å². The van der Waals surface area contributed by atoms with E-state index in [0.717, 1.165) is 53.7 Å². The number of nitrogens with zero attached hydrogens (tertiary/aromatic N) is 2. The minimum atomic E-state index is -0.439. The number of rotatable bonds is 4. The number of carbonyl (C=O) groups is 1. The number of piperidine rings is 1. The largest absolute Gasteiger partial charge is 0.389 e. The van der Waals surface area contributed by atoms with E-state index in [2.05, 4.69) is 42.0 Å². The highest BCUT2D eigenvalue weighted by atomic mass is 35.5. The van der Waals surface area contributed by atoms with Gasteiger partial charge in [0.1, 0.15) is 5.82 Å². The van der Waals surface area contributed by atoms with E-state index in [9.17, 15) is 9.90 Å². The molecule has 2 aliphatic heterocycles.